The predicted octanol–water partition coefficient (Wildman–Crippen LogP) is 0.315. The molecule has 0 radical (unpaired) electrons. The minimum Gasteiger partial charge on any atom is -0.480 e. The number of carbonyl (C=O) groups is 2. The zero-order valence-electron chi connectivity index (χ0n) is 12.1. The molecular weight excluding hydrogens is 304 g/mol. The van der Waals surface area contributed by atoms with E-state index < -0.39 is 32.6 Å². The second kappa shape index (κ2) is 7.72. The molecule has 0 spiro atoms. The summed E-state index contributed by atoms with van der Waals surface area (Å²) in [6.45, 7) is 2.89. The molecule has 0 heterocycles. The van der Waals surface area contributed by atoms with Gasteiger partial charge < -0.3 is 15.7 Å². The quantitative estimate of drug-likeness (QED) is 0.592. The lowest BCUT2D eigenvalue weighted by molar-refractivity contribution is -0.139. The van der Waals surface area contributed by atoms with Crippen molar-refractivity contribution in [2.75, 3.05) is 24.8 Å². The van der Waals surface area contributed by atoms with Crippen LogP contribution in [0, 0.1) is 0 Å². The number of aliphatic carboxylic acids is 1. The molecule has 0 saturated carbocycles. The Morgan fingerprint density at radius 2 is 1.90 bits per heavy atom. The Labute approximate surface area is 123 Å². The van der Waals surface area contributed by atoms with Gasteiger partial charge in [-0.25, -0.2) is 18.0 Å². The predicted molar refractivity (Wildman–Crippen MR) is 79.9 cm³/mol. The van der Waals surface area contributed by atoms with Crippen LogP contribution in [-0.2, 0) is 14.6 Å². The topological polar surface area (TPSA) is 113 Å². The number of carboxylic acids is 1. The SMILES string of the molecule is CSCC[C@H](NC(=O)NCC(C)(C)S(C)(=O)=O)C(=O)O. The number of carboxylic acid groups (broad SMARTS) is 1. The fourth-order valence-electron chi connectivity index (χ4n) is 1.13. The maximum atomic E-state index is 11.6. The molecule has 0 rings (SSSR count). The summed E-state index contributed by atoms with van der Waals surface area (Å²) < 4.78 is 21.8. The maximum Gasteiger partial charge on any atom is 0.326 e. The van der Waals surface area contributed by atoms with Crippen molar-refractivity contribution < 1.29 is 23.1 Å². The lowest BCUT2D eigenvalue weighted by Crippen LogP contribution is -2.51. The van der Waals surface area contributed by atoms with Crippen molar-refractivity contribution in [3.8, 4) is 0 Å². The van der Waals surface area contributed by atoms with Crippen molar-refractivity contribution in [3.05, 3.63) is 0 Å². The lowest BCUT2D eigenvalue weighted by atomic mass is 10.2. The van der Waals surface area contributed by atoms with Crippen molar-refractivity contribution in [1.82, 2.24) is 10.6 Å². The number of amides is 2. The molecule has 2 amide bonds. The van der Waals surface area contributed by atoms with Gasteiger partial charge in [-0.1, -0.05) is 0 Å². The Hall–Kier alpha value is -0.960. The molecule has 0 fully saturated rings. The number of hydrogen-bond acceptors (Lipinski definition) is 5. The van der Waals surface area contributed by atoms with Crippen molar-refractivity contribution >= 4 is 33.6 Å². The highest BCUT2D eigenvalue weighted by atomic mass is 32.2. The summed E-state index contributed by atoms with van der Waals surface area (Å²) in [5.41, 5.74) is 0. The number of thioether (sulfide) groups is 1. The van der Waals surface area contributed by atoms with E-state index in [0.717, 1.165) is 6.26 Å². The Morgan fingerprint density at radius 1 is 1.35 bits per heavy atom. The van der Waals surface area contributed by atoms with Crippen molar-refractivity contribution in [2.45, 2.75) is 31.1 Å². The summed E-state index contributed by atoms with van der Waals surface area (Å²) in [5.74, 6) is -0.511. The van der Waals surface area contributed by atoms with Crippen LogP contribution < -0.4 is 10.6 Å². The Balaban J connectivity index is 4.45. The van der Waals surface area contributed by atoms with Gasteiger partial charge in [-0.05, 0) is 32.3 Å². The van der Waals surface area contributed by atoms with Crippen LogP contribution in [0.15, 0.2) is 0 Å². The second-order valence-electron chi connectivity index (χ2n) is 5.03. The van der Waals surface area contributed by atoms with Gasteiger partial charge in [0.05, 0.1) is 4.75 Å². The van der Waals surface area contributed by atoms with Gasteiger partial charge in [0.1, 0.15) is 6.04 Å². The first-order valence-electron chi connectivity index (χ1n) is 5.97. The number of carbonyl (C=O) groups excluding carboxylic acids is 1. The molecule has 9 heteroatoms. The third-order valence-corrected chi connectivity index (χ3v) is 5.69. The summed E-state index contributed by atoms with van der Waals surface area (Å²) in [4.78, 5) is 22.6. The number of nitrogens with one attached hydrogen (secondary N) is 2. The third kappa shape index (κ3) is 6.47. The lowest BCUT2D eigenvalue weighted by Gasteiger charge is -2.23. The van der Waals surface area contributed by atoms with E-state index in [1.165, 1.54) is 25.6 Å². The summed E-state index contributed by atoms with van der Waals surface area (Å²) >= 11 is 1.48. The Kier molecular flexibility index (Phi) is 7.35. The molecule has 0 aromatic heterocycles. The minimum atomic E-state index is -3.32. The van der Waals surface area contributed by atoms with E-state index >= 15 is 0 Å². The number of urea groups is 1. The van der Waals surface area contributed by atoms with Crippen LogP contribution in [0.1, 0.15) is 20.3 Å². The van der Waals surface area contributed by atoms with E-state index in [1.807, 2.05) is 6.26 Å². The minimum absolute atomic E-state index is 0.0907. The van der Waals surface area contributed by atoms with Gasteiger partial charge in [0.25, 0.3) is 0 Å². The van der Waals surface area contributed by atoms with Crippen LogP contribution in [0.25, 0.3) is 0 Å². The molecule has 0 saturated heterocycles. The molecular formula is C11H22N2O5S2. The first-order chi connectivity index (χ1) is 9.01. The highest BCUT2D eigenvalue weighted by Crippen LogP contribution is 2.13. The monoisotopic (exact) mass is 326 g/mol. The van der Waals surface area contributed by atoms with Gasteiger partial charge in [0.15, 0.2) is 9.84 Å². The van der Waals surface area contributed by atoms with Gasteiger partial charge in [-0.2, -0.15) is 11.8 Å². The van der Waals surface area contributed by atoms with E-state index in [9.17, 15) is 18.0 Å². The van der Waals surface area contributed by atoms with Crippen LogP contribution >= 0.6 is 11.8 Å². The normalized spacial score (nSPS) is 13.6. The smallest absolute Gasteiger partial charge is 0.326 e. The van der Waals surface area contributed by atoms with Gasteiger partial charge >= 0.3 is 12.0 Å². The molecule has 7 nitrogen and oxygen atoms in total. The molecule has 0 bridgehead atoms. The Bertz CT molecular complexity index is 448. The molecule has 1 atom stereocenters. The fourth-order valence-corrected chi connectivity index (χ4v) is 1.93. The van der Waals surface area contributed by atoms with E-state index in [1.54, 1.807) is 0 Å². The highest BCUT2D eigenvalue weighted by Gasteiger charge is 2.31. The molecule has 0 aliphatic heterocycles. The number of sulfone groups is 1. The molecule has 20 heavy (non-hydrogen) atoms. The van der Waals surface area contributed by atoms with Crippen LogP contribution in [-0.4, -0.2) is 61.1 Å². The van der Waals surface area contributed by atoms with Crippen molar-refractivity contribution in [2.24, 2.45) is 0 Å². The highest BCUT2D eigenvalue weighted by molar-refractivity contribution is 7.98. The molecule has 0 aromatic rings. The van der Waals surface area contributed by atoms with E-state index in [2.05, 4.69) is 10.6 Å². The molecule has 0 unspecified atom stereocenters. The average Bonchev–Trinajstić information content (AvgIpc) is 2.30. The standard InChI is InChI=1S/C11H22N2O5S2/c1-11(2,20(4,17)18)7-12-10(16)13-8(9(14)15)5-6-19-3/h8H,5-7H2,1-4H3,(H,14,15)(H2,12,13,16)/t8-/m0/s1. The van der Waals surface area contributed by atoms with E-state index in [0.29, 0.717) is 12.2 Å². The second-order valence-corrected chi connectivity index (χ2v) is 8.67. The summed E-state index contributed by atoms with van der Waals surface area (Å²) in [6.07, 6.45) is 3.23. The van der Waals surface area contributed by atoms with E-state index in [4.69, 9.17) is 5.11 Å². The molecule has 0 aliphatic carbocycles. The first-order valence-corrected chi connectivity index (χ1v) is 9.25. The van der Waals surface area contributed by atoms with E-state index in [-0.39, 0.29) is 6.54 Å². The van der Waals surface area contributed by atoms with Gasteiger partial charge in [0, 0.05) is 12.8 Å². The summed E-state index contributed by atoms with van der Waals surface area (Å²) in [5, 5.41) is 13.7. The summed E-state index contributed by atoms with van der Waals surface area (Å²) in [7, 11) is -3.32. The van der Waals surface area contributed by atoms with Crippen LogP contribution in [0.4, 0.5) is 4.79 Å². The molecule has 118 valence electrons. The van der Waals surface area contributed by atoms with Gasteiger partial charge in [-0.3, -0.25) is 0 Å². The number of rotatable bonds is 8. The van der Waals surface area contributed by atoms with Crippen LogP contribution in [0.2, 0.25) is 0 Å². The zero-order valence-corrected chi connectivity index (χ0v) is 13.7. The van der Waals surface area contributed by atoms with Gasteiger partial charge in [0.2, 0.25) is 0 Å². The van der Waals surface area contributed by atoms with Gasteiger partial charge in [-0.15, -0.1) is 0 Å². The van der Waals surface area contributed by atoms with Crippen molar-refractivity contribution in [1.29, 1.82) is 0 Å². The molecule has 0 aliphatic rings. The number of hydrogen-bond donors (Lipinski definition) is 3. The van der Waals surface area contributed by atoms with Crippen LogP contribution in [0.5, 0.6) is 0 Å². The Morgan fingerprint density at radius 3 is 2.30 bits per heavy atom. The molecule has 3 N–H and O–H groups in total. The average molecular weight is 326 g/mol. The van der Waals surface area contributed by atoms with Crippen LogP contribution in [0.3, 0.4) is 0 Å². The molecule has 0 aromatic carbocycles. The van der Waals surface area contributed by atoms with Crippen molar-refractivity contribution in [3.63, 3.8) is 0 Å². The largest absolute Gasteiger partial charge is 0.480 e. The fraction of sp³-hybridized carbons (Fsp3) is 0.818. The first kappa shape index (κ1) is 19.0. The summed E-state index contributed by atoms with van der Waals surface area (Å²) in [6, 6.07) is -1.67. The third-order valence-electron chi connectivity index (χ3n) is 2.89. The maximum absolute atomic E-state index is 11.6. The zero-order chi connectivity index (χ0) is 16.0.